The number of hydrogen-bond acceptors (Lipinski definition) is 5. The van der Waals surface area contributed by atoms with Gasteiger partial charge in [0, 0.05) is 26.2 Å². The minimum Gasteiger partial charge on any atom is -0.341 e. The van der Waals surface area contributed by atoms with Gasteiger partial charge >= 0.3 is 0 Å². The molecule has 0 bridgehead atoms. The Kier molecular flexibility index (Phi) is 6.00. The molecule has 2 fully saturated rings. The van der Waals surface area contributed by atoms with Crippen LogP contribution in [0.4, 0.5) is 0 Å². The standard InChI is InChI=1S/C21H30N6O/c1-2-17-7-9-18(10-8-17)14-26-15-19(27-16-22-23-24-27)13-20(26)21(28)25-11-5-3-4-6-12-25/h7-10,16,19-20H,2-6,11-15H2,1H3/t19-,20+/m1/s1. The molecule has 0 aliphatic carbocycles. The van der Waals surface area contributed by atoms with Gasteiger partial charge in [0.05, 0.1) is 12.1 Å². The summed E-state index contributed by atoms with van der Waals surface area (Å²) in [6.07, 6.45) is 8.18. The molecule has 7 nitrogen and oxygen atoms in total. The van der Waals surface area contributed by atoms with Crippen LogP contribution in [0, 0.1) is 0 Å². The Morgan fingerprint density at radius 1 is 1.07 bits per heavy atom. The normalized spacial score (nSPS) is 23.7. The molecule has 1 aromatic carbocycles. The Morgan fingerprint density at radius 2 is 1.79 bits per heavy atom. The molecule has 28 heavy (non-hydrogen) atoms. The second kappa shape index (κ2) is 8.82. The molecule has 0 radical (unpaired) electrons. The predicted molar refractivity (Wildman–Crippen MR) is 107 cm³/mol. The van der Waals surface area contributed by atoms with Gasteiger partial charge in [0.2, 0.25) is 5.91 Å². The molecule has 1 aromatic heterocycles. The fourth-order valence-corrected chi connectivity index (χ4v) is 4.46. The third-order valence-corrected chi connectivity index (χ3v) is 6.14. The van der Waals surface area contributed by atoms with Crippen molar-refractivity contribution < 1.29 is 4.79 Å². The molecule has 2 aliphatic heterocycles. The zero-order valence-corrected chi connectivity index (χ0v) is 16.7. The summed E-state index contributed by atoms with van der Waals surface area (Å²) < 4.78 is 1.81. The van der Waals surface area contributed by atoms with E-state index in [9.17, 15) is 4.79 Å². The van der Waals surface area contributed by atoms with Gasteiger partial charge in [0.1, 0.15) is 6.33 Å². The summed E-state index contributed by atoms with van der Waals surface area (Å²) in [5.74, 6) is 0.280. The van der Waals surface area contributed by atoms with Crippen LogP contribution in [0.1, 0.15) is 56.2 Å². The van der Waals surface area contributed by atoms with Crippen molar-refractivity contribution in [1.82, 2.24) is 30.0 Å². The van der Waals surface area contributed by atoms with Crippen molar-refractivity contribution in [2.75, 3.05) is 19.6 Å². The van der Waals surface area contributed by atoms with E-state index in [1.807, 2.05) is 4.68 Å². The van der Waals surface area contributed by atoms with Crippen molar-refractivity contribution in [3.05, 3.63) is 41.7 Å². The molecule has 0 saturated carbocycles. The lowest BCUT2D eigenvalue weighted by Gasteiger charge is -2.29. The van der Waals surface area contributed by atoms with Crippen LogP contribution in [0.2, 0.25) is 0 Å². The van der Waals surface area contributed by atoms with Crippen LogP contribution in [0.25, 0.3) is 0 Å². The molecule has 3 heterocycles. The van der Waals surface area contributed by atoms with Crippen molar-refractivity contribution in [3.8, 4) is 0 Å². The molecule has 2 atom stereocenters. The Labute approximate surface area is 166 Å². The SMILES string of the molecule is CCc1ccc(CN2C[C@H](n3cnnn3)C[C@H]2C(=O)N2CCCCCC2)cc1. The van der Waals surface area contributed by atoms with Gasteiger partial charge in [0.25, 0.3) is 0 Å². The largest absolute Gasteiger partial charge is 0.341 e. The molecule has 2 aliphatic rings. The van der Waals surface area contributed by atoms with E-state index < -0.39 is 0 Å². The molecular weight excluding hydrogens is 352 g/mol. The van der Waals surface area contributed by atoms with E-state index in [0.29, 0.717) is 0 Å². The number of benzene rings is 1. The molecule has 0 unspecified atom stereocenters. The van der Waals surface area contributed by atoms with Gasteiger partial charge in [-0.2, -0.15) is 0 Å². The zero-order valence-electron chi connectivity index (χ0n) is 16.7. The van der Waals surface area contributed by atoms with Crippen LogP contribution < -0.4 is 0 Å². The highest BCUT2D eigenvalue weighted by Gasteiger charge is 2.40. The summed E-state index contributed by atoms with van der Waals surface area (Å²) in [5.41, 5.74) is 2.59. The van der Waals surface area contributed by atoms with Gasteiger partial charge in [-0.3, -0.25) is 9.69 Å². The highest BCUT2D eigenvalue weighted by Crippen LogP contribution is 2.30. The van der Waals surface area contributed by atoms with Crippen LogP contribution in [0.3, 0.4) is 0 Å². The fraction of sp³-hybridized carbons (Fsp3) is 0.619. The van der Waals surface area contributed by atoms with Gasteiger partial charge in [-0.15, -0.1) is 5.10 Å². The molecule has 150 valence electrons. The van der Waals surface area contributed by atoms with Crippen LogP contribution in [0.5, 0.6) is 0 Å². The van der Waals surface area contributed by atoms with E-state index in [0.717, 1.165) is 51.9 Å². The van der Waals surface area contributed by atoms with Gasteiger partial charge in [-0.05, 0) is 47.2 Å². The van der Waals surface area contributed by atoms with Crippen LogP contribution >= 0.6 is 0 Å². The summed E-state index contributed by atoms with van der Waals surface area (Å²) in [4.78, 5) is 17.8. The average Bonchev–Trinajstić information content (AvgIpc) is 3.32. The lowest BCUT2D eigenvalue weighted by molar-refractivity contribution is -0.136. The number of aromatic nitrogens is 4. The Bertz CT molecular complexity index is 752. The van der Waals surface area contributed by atoms with Gasteiger partial charge in [-0.1, -0.05) is 44.0 Å². The number of likely N-dealkylation sites (tertiary alicyclic amines) is 2. The van der Waals surface area contributed by atoms with E-state index in [1.54, 1.807) is 6.33 Å². The molecule has 2 aromatic rings. The molecule has 7 heteroatoms. The Hall–Kier alpha value is -2.28. The first-order valence-corrected chi connectivity index (χ1v) is 10.6. The number of carbonyl (C=O) groups is 1. The van der Waals surface area contributed by atoms with Gasteiger partial charge in [0.15, 0.2) is 0 Å². The number of tetrazole rings is 1. The van der Waals surface area contributed by atoms with Crippen LogP contribution in [-0.4, -0.2) is 61.6 Å². The summed E-state index contributed by atoms with van der Waals surface area (Å²) in [7, 11) is 0. The van der Waals surface area contributed by atoms with Crippen molar-refractivity contribution in [1.29, 1.82) is 0 Å². The van der Waals surface area contributed by atoms with E-state index >= 15 is 0 Å². The number of aryl methyl sites for hydroxylation is 1. The fourth-order valence-electron chi connectivity index (χ4n) is 4.46. The lowest BCUT2D eigenvalue weighted by Crippen LogP contribution is -2.45. The molecule has 0 spiro atoms. The smallest absolute Gasteiger partial charge is 0.240 e. The van der Waals surface area contributed by atoms with Crippen molar-refractivity contribution in [2.45, 2.75) is 64.1 Å². The second-order valence-electron chi connectivity index (χ2n) is 8.03. The minimum atomic E-state index is -0.0989. The van der Waals surface area contributed by atoms with Crippen LogP contribution in [-0.2, 0) is 17.8 Å². The third kappa shape index (κ3) is 4.24. The third-order valence-electron chi connectivity index (χ3n) is 6.14. The number of rotatable bonds is 5. The number of nitrogens with zero attached hydrogens (tertiary/aromatic N) is 6. The Balaban J connectivity index is 1.52. The van der Waals surface area contributed by atoms with E-state index in [1.165, 1.54) is 24.0 Å². The summed E-state index contributed by atoms with van der Waals surface area (Å²) >= 11 is 0. The Morgan fingerprint density at radius 3 is 2.43 bits per heavy atom. The number of carbonyl (C=O) groups excluding carboxylic acids is 1. The topological polar surface area (TPSA) is 67.2 Å². The van der Waals surface area contributed by atoms with Crippen molar-refractivity contribution >= 4 is 5.91 Å². The predicted octanol–water partition coefficient (Wildman–Crippen LogP) is 2.45. The molecule has 1 amide bonds. The number of hydrogen-bond donors (Lipinski definition) is 0. The maximum Gasteiger partial charge on any atom is 0.240 e. The maximum atomic E-state index is 13.4. The molecular formula is C21H30N6O. The van der Waals surface area contributed by atoms with Crippen LogP contribution in [0.15, 0.2) is 30.6 Å². The minimum absolute atomic E-state index is 0.0989. The first-order chi connectivity index (χ1) is 13.7. The second-order valence-corrected chi connectivity index (χ2v) is 8.03. The maximum absolute atomic E-state index is 13.4. The lowest BCUT2D eigenvalue weighted by atomic mass is 10.1. The molecule has 0 N–H and O–H groups in total. The first kappa shape index (κ1) is 19.1. The van der Waals surface area contributed by atoms with Crippen molar-refractivity contribution in [3.63, 3.8) is 0 Å². The molecule has 4 rings (SSSR count). The van der Waals surface area contributed by atoms with E-state index in [4.69, 9.17) is 0 Å². The van der Waals surface area contributed by atoms with E-state index in [-0.39, 0.29) is 18.0 Å². The summed E-state index contributed by atoms with van der Waals surface area (Å²) in [6, 6.07) is 8.81. The molecule has 2 saturated heterocycles. The van der Waals surface area contributed by atoms with Gasteiger partial charge in [-0.25, -0.2) is 4.68 Å². The highest BCUT2D eigenvalue weighted by atomic mass is 16.2. The summed E-state index contributed by atoms with van der Waals surface area (Å²) in [5, 5.41) is 11.7. The average molecular weight is 383 g/mol. The summed E-state index contributed by atoms with van der Waals surface area (Å²) in [6.45, 7) is 5.54. The number of amides is 1. The van der Waals surface area contributed by atoms with Crippen molar-refractivity contribution in [2.24, 2.45) is 0 Å². The van der Waals surface area contributed by atoms with Gasteiger partial charge < -0.3 is 4.90 Å². The zero-order chi connectivity index (χ0) is 19.3. The monoisotopic (exact) mass is 382 g/mol. The first-order valence-electron chi connectivity index (χ1n) is 10.6. The van der Waals surface area contributed by atoms with E-state index in [2.05, 4.69) is 56.5 Å². The quantitative estimate of drug-likeness (QED) is 0.795. The highest BCUT2D eigenvalue weighted by molar-refractivity contribution is 5.82.